The molecule has 0 N–H and O–H groups in total. The second-order valence-electron chi connectivity index (χ2n) is 4.72. The second kappa shape index (κ2) is 7.66. The number of anilines is 1. The Morgan fingerprint density at radius 1 is 1.19 bits per heavy atom. The van der Waals surface area contributed by atoms with Gasteiger partial charge in [0.25, 0.3) is 0 Å². The minimum absolute atomic E-state index is 0.135. The summed E-state index contributed by atoms with van der Waals surface area (Å²) in [5.74, 6) is 0.583. The Morgan fingerprint density at radius 2 is 1.90 bits per heavy atom. The van der Waals surface area contributed by atoms with Gasteiger partial charge in [-0.3, -0.25) is 4.79 Å². The number of amides is 1. The largest absolute Gasteiger partial charge is 0.312 e. The Balaban J connectivity index is 2.02. The van der Waals surface area contributed by atoms with E-state index in [0.717, 1.165) is 15.1 Å². The highest BCUT2D eigenvalue weighted by molar-refractivity contribution is 9.10. The van der Waals surface area contributed by atoms with E-state index in [1.165, 1.54) is 5.56 Å². The van der Waals surface area contributed by atoms with Crippen molar-refractivity contribution >= 4 is 39.3 Å². The molecule has 110 valence electrons. The first-order chi connectivity index (χ1) is 10.1. The lowest BCUT2D eigenvalue weighted by Crippen LogP contribution is -2.32. The first-order valence-electron chi connectivity index (χ1n) is 6.85. The normalized spacial score (nSPS) is 10.4. The van der Waals surface area contributed by atoms with Gasteiger partial charge in [0.1, 0.15) is 0 Å². The van der Waals surface area contributed by atoms with Crippen LogP contribution >= 0.6 is 27.7 Å². The number of benzene rings is 2. The molecule has 0 atom stereocenters. The highest BCUT2D eigenvalue weighted by Gasteiger charge is 2.14. The Morgan fingerprint density at radius 3 is 2.52 bits per heavy atom. The van der Waals surface area contributed by atoms with Crippen LogP contribution in [0, 0.1) is 6.92 Å². The molecule has 2 aromatic carbocycles. The number of hydrogen-bond acceptors (Lipinski definition) is 2. The van der Waals surface area contributed by atoms with Crippen LogP contribution in [0.25, 0.3) is 0 Å². The van der Waals surface area contributed by atoms with Crippen LogP contribution in [0.15, 0.2) is 57.9 Å². The summed E-state index contributed by atoms with van der Waals surface area (Å²) in [6.07, 6.45) is 0. The SMILES string of the molecule is CCN(C(=O)CSc1ccc(Br)cc1)c1cccc(C)c1. The Hall–Kier alpha value is -1.26. The third kappa shape index (κ3) is 4.61. The van der Waals surface area contributed by atoms with Crippen molar-refractivity contribution in [2.75, 3.05) is 17.2 Å². The van der Waals surface area contributed by atoms with Gasteiger partial charge in [-0.15, -0.1) is 11.8 Å². The van der Waals surface area contributed by atoms with E-state index in [1.54, 1.807) is 11.8 Å². The summed E-state index contributed by atoms with van der Waals surface area (Å²) in [6.45, 7) is 4.73. The lowest BCUT2D eigenvalue weighted by Gasteiger charge is -2.21. The van der Waals surface area contributed by atoms with Crippen LogP contribution in [0.4, 0.5) is 5.69 Å². The fourth-order valence-corrected chi connectivity index (χ4v) is 3.09. The molecule has 2 rings (SSSR count). The van der Waals surface area contributed by atoms with Crippen molar-refractivity contribution in [2.45, 2.75) is 18.7 Å². The summed E-state index contributed by atoms with van der Waals surface area (Å²) < 4.78 is 1.05. The minimum Gasteiger partial charge on any atom is -0.312 e. The molecule has 2 nitrogen and oxygen atoms in total. The van der Waals surface area contributed by atoms with Crippen molar-refractivity contribution < 1.29 is 4.79 Å². The topological polar surface area (TPSA) is 20.3 Å². The third-order valence-electron chi connectivity index (χ3n) is 3.11. The maximum absolute atomic E-state index is 12.4. The highest BCUT2D eigenvalue weighted by atomic mass is 79.9. The van der Waals surface area contributed by atoms with Gasteiger partial charge in [-0.2, -0.15) is 0 Å². The molecular weight excluding hydrogens is 346 g/mol. The summed E-state index contributed by atoms with van der Waals surface area (Å²) in [6, 6.07) is 16.1. The van der Waals surface area contributed by atoms with Crippen molar-refractivity contribution in [1.82, 2.24) is 0 Å². The van der Waals surface area contributed by atoms with Gasteiger partial charge < -0.3 is 4.90 Å². The molecule has 0 aliphatic heterocycles. The van der Waals surface area contributed by atoms with Crippen LogP contribution in [-0.2, 0) is 4.79 Å². The van der Waals surface area contributed by atoms with E-state index in [9.17, 15) is 4.79 Å². The van der Waals surface area contributed by atoms with Crippen LogP contribution in [0.5, 0.6) is 0 Å². The minimum atomic E-state index is 0.135. The average molecular weight is 364 g/mol. The van der Waals surface area contributed by atoms with Crippen molar-refractivity contribution in [3.05, 3.63) is 58.6 Å². The molecule has 21 heavy (non-hydrogen) atoms. The predicted octanol–water partition coefficient (Wildman–Crippen LogP) is 4.90. The molecule has 2 aromatic rings. The van der Waals surface area contributed by atoms with E-state index in [1.807, 2.05) is 67.3 Å². The first-order valence-corrected chi connectivity index (χ1v) is 8.63. The molecule has 0 spiro atoms. The van der Waals surface area contributed by atoms with E-state index >= 15 is 0 Å². The maximum Gasteiger partial charge on any atom is 0.237 e. The zero-order chi connectivity index (χ0) is 15.2. The van der Waals surface area contributed by atoms with Gasteiger partial charge in [0.2, 0.25) is 5.91 Å². The summed E-state index contributed by atoms with van der Waals surface area (Å²) in [4.78, 5) is 15.4. The first kappa shape index (κ1) is 16.1. The van der Waals surface area contributed by atoms with E-state index < -0.39 is 0 Å². The van der Waals surface area contributed by atoms with Gasteiger partial charge in [0.05, 0.1) is 5.75 Å². The summed E-state index contributed by atoms with van der Waals surface area (Å²) in [5.41, 5.74) is 2.14. The zero-order valence-corrected chi connectivity index (χ0v) is 14.6. The number of nitrogens with zero attached hydrogens (tertiary/aromatic N) is 1. The Kier molecular flexibility index (Phi) is 5.88. The van der Waals surface area contributed by atoms with E-state index in [2.05, 4.69) is 15.9 Å². The second-order valence-corrected chi connectivity index (χ2v) is 6.68. The number of halogens is 1. The average Bonchev–Trinajstić information content (AvgIpc) is 2.47. The van der Waals surface area contributed by atoms with Gasteiger partial charge >= 0.3 is 0 Å². The number of aryl methyl sites for hydroxylation is 1. The molecule has 0 bridgehead atoms. The molecule has 1 amide bonds. The number of rotatable bonds is 5. The fraction of sp³-hybridized carbons (Fsp3) is 0.235. The van der Waals surface area contributed by atoms with Crippen LogP contribution in [0.2, 0.25) is 0 Å². The molecule has 4 heteroatoms. The molecule has 0 aliphatic carbocycles. The van der Waals surface area contributed by atoms with E-state index in [-0.39, 0.29) is 5.91 Å². The Bertz CT molecular complexity index is 612. The van der Waals surface area contributed by atoms with E-state index in [4.69, 9.17) is 0 Å². The number of carbonyl (C=O) groups is 1. The third-order valence-corrected chi connectivity index (χ3v) is 4.63. The standard InChI is InChI=1S/C17H18BrNOS/c1-3-19(15-6-4-5-13(2)11-15)17(20)12-21-16-9-7-14(18)8-10-16/h4-11H,3,12H2,1-2H3. The quantitative estimate of drug-likeness (QED) is 0.703. The van der Waals surface area contributed by atoms with Crippen molar-refractivity contribution in [3.63, 3.8) is 0 Å². The summed E-state index contributed by atoms with van der Waals surface area (Å²) in [5, 5.41) is 0. The summed E-state index contributed by atoms with van der Waals surface area (Å²) in [7, 11) is 0. The maximum atomic E-state index is 12.4. The van der Waals surface area contributed by atoms with Gasteiger partial charge in [-0.1, -0.05) is 28.1 Å². The van der Waals surface area contributed by atoms with Gasteiger partial charge in [0, 0.05) is 21.6 Å². The van der Waals surface area contributed by atoms with Gasteiger partial charge in [-0.05, 0) is 55.8 Å². The van der Waals surface area contributed by atoms with Crippen molar-refractivity contribution in [3.8, 4) is 0 Å². The summed E-state index contributed by atoms with van der Waals surface area (Å²) >= 11 is 4.98. The molecule has 0 radical (unpaired) electrons. The Labute approximate surface area is 138 Å². The molecule has 0 saturated heterocycles. The molecule has 0 aromatic heterocycles. The van der Waals surface area contributed by atoms with Crippen LogP contribution < -0.4 is 4.90 Å². The molecule has 0 saturated carbocycles. The number of hydrogen-bond donors (Lipinski definition) is 0. The van der Waals surface area contributed by atoms with Gasteiger partial charge in [-0.25, -0.2) is 0 Å². The smallest absolute Gasteiger partial charge is 0.237 e. The lowest BCUT2D eigenvalue weighted by atomic mass is 10.2. The van der Waals surface area contributed by atoms with E-state index in [0.29, 0.717) is 12.3 Å². The number of thioether (sulfide) groups is 1. The van der Waals surface area contributed by atoms with Crippen molar-refractivity contribution in [2.24, 2.45) is 0 Å². The molecular formula is C17H18BrNOS. The molecule has 0 fully saturated rings. The fourth-order valence-electron chi connectivity index (χ4n) is 2.05. The van der Waals surface area contributed by atoms with Crippen LogP contribution in [0.1, 0.15) is 12.5 Å². The highest BCUT2D eigenvalue weighted by Crippen LogP contribution is 2.22. The monoisotopic (exact) mass is 363 g/mol. The zero-order valence-electron chi connectivity index (χ0n) is 12.2. The predicted molar refractivity (Wildman–Crippen MR) is 94.1 cm³/mol. The van der Waals surface area contributed by atoms with Crippen LogP contribution in [-0.4, -0.2) is 18.2 Å². The van der Waals surface area contributed by atoms with Crippen molar-refractivity contribution in [1.29, 1.82) is 0 Å². The molecule has 0 heterocycles. The molecule has 0 aliphatic rings. The van der Waals surface area contributed by atoms with Gasteiger partial charge in [0.15, 0.2) is 0 Å². The number of carbonyl (C=O) groups excluding carboxylic acids is 1. The lowest BCUT2D eigenvalue weighted by molar-refractivity contribution is -0.116. The van der Waals surface area contributed by atoms with Crippen LogP contribution in [0.3, 0.4) is 0 Å². The molecule has 0 unspecified atom stereocenters.